The summed E-state index contributed by atoms with van der Waals surface area (Å²) in [6.45, 7) is 1.91. The molecule has 0 unspecified atom stereocenters. The molecule has 1 aromatic heterocycles. The number of hydrogen-bond acceptors (Lipinski definition) is 4. The van der Waals surface area contributed by atoms with Gasteiger partial charge in [0.05, 0.1) is 23.9 Å². The Balaban J connectivity index is 2.74. The van der Waals surface area contributed by atoms with E-state index in [1.165, 1.54) is 0 Å². The molecule has 0 spiro atoms. The first-order valence-corrected chi connectivity index (χ1v) is 5.11. The van der Waals surface area contributed by atoms with Crippen LogP contribution in [0.3, 0.4) is 0 Å². The molecule has 5 heteroatoms. The van der Waals surface area contributed by atoms with Crippen molar-refractivity contribution in [2.75, 3.05) is 38.3 Å². The summed E-state index contributed by atoms with van der Waals surface area (Å²) >= 11 is 6.01. The molecule has 1 heterocycles. The molecule has 1 aromatic rings. The van der Waals surface area contributed by atoms with Gasteiger partial charge in [0.1, 0.15) is 0 Å². The minimum atomic E-state index is 0.0857. The van der Waals surface area contributed by atoms with Crippen LogP contribution in [0.15, 0.2) is 18.5 Å². The predicted molar refractivity (Wildman–Crippen MR) is 60.4 cm³/mol. The number of aromatic nitrogens is 1. The fourth-order valence-electron chi connectivity index (χ4n) is 1.30. The molecular formula is C10H15ClN2O2. The SMILES string of the molecule is COCCN(CCO)c1ccncc1Cl. The summed E-state index contributed by atoms with van der Waals surface area (Å²) in [6, 6.07) is 1.83. The molecule has 1 N–H and O–H groups in total. The highest BCUT2D eigenvalue weighted by Gasteiger charge is 2.08. The summed E-state index contributed by atoms with van der Waals surface area (Å²) in [4.78, 5) is 5.88. The zero-order chi connectivity index (χ0) is 11.1. The molecular weight excluding hydrogens is 216 g/mol. The van der Waals surface area contributed by atoms with E-state index in [4.69, 9.17) is 21.4 Å². The van der Waals surface area contributed by atoms with Crippen molar-refractivity contribution in [1.82, 2.24) is 4.98 Å². The first kappa shape index (κ1) is 12.2. The molecule has 0 amide bonds. The summed E-state index contributed by atoms with van der Waals surface area (Å²) in [5.41, 5.74) is 0.873. The molecule has 0 atom stereocenters. The lowest BCUT2D eigenvalue weighted by atomic mass is 10.3. The molecule has 0 aliphatic carbocycles. The fraction of sp³-hybridized carbons (Fsp3) is 0.500. The highest BCUT2D eigenvalue weighted by atomic mass is 35.5. The van der Waals surface area contributed by atoms with Crippen molar-refractivity contribution in [3.8, 4) is 0 Å². The third-order valence-electron chi connectivity index (χ3n) is 2.03. The Kier molecular flexibility index (Phi) is 5.39. The van der Waals surface area contributed by atoms with Crippen molar-refractivity contribution in [1.29, 1.82) is 0 Å². The minimum Gasteiger partial charge on any atom is -0.395 e. The number of pyridine rings is 1. The van der Waals surface area contributed by atoms with Gasteiger partial charge in [0.2, 0.25) is 0 Å². The molecule has 0 bridgehead atoms. The van der Waals surface area contributed by atoms with Gasteiger partial charge in [-0.15, -0.1) is 0 Å². The van der Waals surface area contributed by atoms with Gasteiger partial charge in [0, 0.05) is 32.6 Å². The lowest BCUT2D eigenvalue weighted by Gasteiger charge is -2.24. The lowest BCUT2D eigenvalue weighted by Crippen LogP contribution is -2.30. The normalized spacial score (nSPS) is 10.3. The van der Waals surface area contributed by atoms with Gasteiger partial charge in [-0.25, -0.2) is 0 Å². The van der Waals surface area contributed by atoms with Crippen molar-refractivity contribution >= 4 is 17.3 Å². The smallest absolute Gasteiger partial charge is 0.0822 e. The van der Waals surface area contributed by atoms with Gasteiger partial charge in [0.15, 0.2) is 0 Å². The Bertz CT molecular complexity index is 297. The minimum absolute atomic E-state index is 0.0857. The van der Waals surface area contributed by atoms with E-state index in [9.17, 15) is 0 Å². The van der Waals surface area contributed by atoms with Gasteiger partial charge < -0.3 is 14.7 Å². The molecule has 0 aliphatic heterocycles. The Labute approximate surface area is 94.4 Å². The van der Waals surface area contributed by atoms with Crippen LogP contribution in [0.4, 0.5) is 5.69 Å². The average Bonchev–Trinajstić information content (AvgIpc) is 2.25. The maximum absolute atomic E-state index is 8.95. The van der Waals surface area contributed by atoms with E-state index in [-0.39, 0.29) is 6.61 Å². The molecule has 84 valence electrons. The maximum Gasteiger partial charge on any atom is 0.0822 e. The standard InChI is InChI=1S/C10H15ClN2O2/c1-15-7-5-13(4-6-14)10-2-3-12-8-9(10)11/h2-3,8,14H,4-7H2,1H3. The number of ether oxygens (including phenoxy) is 1. The van der Waals surface area contributed by atoms with Crippen LogP contribution < -0.4 is 4.90 Å². The van der Waals surface area contributed by atoms with Crippen molar-refractivity contribution in [2.45, 2.75) is 0 Å². The number of aliphatic hydroxyl groups excluding tert-OH is 1. The van der Waals surface area contributed by atoms with Crippen molar-refractivity contribution < 1.29 is 9.84 Å². The van der Waals surface area contributed by atoms with Crippen molar-refractivity contribution in [3.63, 3.8) is 0 Å². The summed E-state index contributed by atoms with van der Waals surface area (Å²) in [7, 11) is 1.64. The molecule has 0 radical (unpaired) electrons. The maximum atomic E-state index is 8.95. The zero-order valence-electron chi connectivity index (χ0n) is 8.69. The molecule has 15 heavy (non-hydrogen) atoms. The molecule has 1 rings (SSSR count). The summed E-state index contributed by atoms with van der Waals surface area (Å²) in [5.74, 6) is 0. The number of nitrogens with zero attached hydrogens (tertiary/aromatic N) is 2. The number of anilines is 1. The Morgan fingerprint density at radius 3 is 2.93 bits per heavy atom. The number of methoxy groups -OCH3 is 1. The molecule has 0 fully saturated rings. The van der Waals surface area contributed by atoms with Gasteiger partial charge in [-0.3, -0.25) is 4.98 Å². The summed E-state index contributed by atoms with van der Waals surface area (Å²) in [5, 5.41) is 9.53. The third-order valence-corrected chi connectivity index (χ3v) is 2.32. The Morgan fingerprint density at radius 1 is 1.53 bits per heavy atom. The highest BCUT2D eigenvalue weighted by molar-refractivity contribution is 6.33. The first-order valence-electron chi connectivity index (χ1n) is 4.74. The molecule has 0 saturated heterocycles. The van der Waals surface area contributed by atoms with Crippen molar-refractivity contribution in [3.05, 3.63) is 23.5 Å². The fourth-order valence-corrected chi connectivity index (χ4v) is 1.54. The van der Waals surface area contributed by atoms with E-state index in [0.717, 1.165) is 5.69 Å². The Morgan fingerprint density at radius 2 is 2.33 bits per heavy atom. The summed E-state index contributed by atoms with van der Waals surface area (Å²) < 4.78 is 5.00. The predicted octanol–water partition coefficient (Wildman–Crippen LogP) is 1.18. The molecule has 0 aliphatic rings. The van der Waals surface area contributed by atoms with Crippen LogP contribution in [0.25, 0.3) is 0 Å². The van der Waals surface area contributed by atoms with Crippen LogP contribution >= 0.6 is 11.6 Å². The van der Waals surface area contributed by atoms with Crippen LogP contribution in [0.1, 0.15) is 0 Å². The van der Waals surface area contributed by atoms with E-state index >= 15 is 0 Å². The molecule has 0 saturated carbocycles. The van der Waals surface area contributed by atoms with Gasteiger partial charge >= 0.3 is 0 Å². The average molecular weight is 231 g/mol. The molecule has 0 aromatic carbocycles. The van der Waals surface area contributed by atoms with E-state index in [1.54, 1.807) is 19.5 Å². The van der Waals surface area contributed by atoms with Gasteiger partial charge in [-0.05, 0) is 6.07 Å². The van der Waals surface area contributed by atoms with E-state index < -0.39 is 0 Å². The number of rotatable bonds is 6. The largest absolute Gasteiger partial charge is 0.395 e. The van der Waals surface area contributed by atoms with Crippen LogP contribution in [0.5, 0.6) is 0 Å². The molecule has 4 nitrogen and oxygen atoms in total. The van der Waals surface area contributed by atoms with Gasteiger partial charge in [-0.1, -0.05) is 11.6 Å². The number of hydrogen-bond donors (Lipinski definition) is 1. The number of aliphatic hydroxyl groups is 1. The van der Waals surface area contributed by atoms with Crippen LogP contribution in [0, 0.1) is 0 Å². The van der Waals surface area contributed by atoms with Crippen LogP contribution in [-0.4, -0.2) is 43.5 Å². The summed E-state index contributed by atoms with van der Waals surface area (Å²) in [6.07, 6.45) is 3.27. The van der Waals surface area contributed by atoms with Crippen LogP contribution in [-0.2, 0) is 4.74 Å². The second-order valence-corrected chi connectivity index (χ2v) is 3.44. The quantitative estimate of drug-likeness (QED) is 0.797. The zero-order valence-corrected chi connectivity index (χ0v) is 9.44. The van der Waals surface area contributed by atoms with E-state index in [2.05, 4.69) is 4.98 Å². The van der Waals surface area contributed by atoms with E-state index in [0.29, 0.717) is 24.7 Å². The lowest BCUT2D eigenvalue weighted by molar-refractivity contribution is 0.203. The second-order valence-electron chi connectivity index (χ2n) is 3.03. The highest BCUT2D eigenvalue weighted by Crippen LogP contribution is 2.23. The second kappa shape index (κ2) is 6.61. The van der Waals surface area contributed by atoms with Crippen molar-refractivity contribution in [2.24, 2.45) is 0 Å². The monoisotopic (exact) mass is 230 g/mol. The first-order chi connectivity index (χ1) is 7.29. The topological polar surface area (TPSA) is 45.6 Å². The van der Waals surface area contributed by atoms with Gasteiger partial charge in [0.25, 0.3) is 0 Å². The van der Waals surface area contributed by atoms with Gasteiger partial charge in [-0.2, -0.15) is 0 Å². The number of halogens is 1. The Hall–Kier alpha value is -0.840. The van der Waals surface area contributed by atoms with Crippen LogP contribution in [0.2, 0.25) is 5.02 Å². The van der Waals surface area contributed by atoms with E-state index in [1.807, 2.05) is 11.0 Å². The third kappa shape index (κ3) is 3.66.